The normalized spacial score (nSPS) is 22.6. The Balaban J connectivity index is 1.12. The SMILES string of the molecule is C=C(/C=C\C=C(/C)NCCC)SNC(=C)c1ccc(-n2ccc(CCCC3C4(CC4)C34CC4)n2)nc1N1CC(C)CC1(C)C. The molecule has 2 N–H and O–H groups in total. The molecule has 1 atom stereocenters. The van der Waals surface area contributed by atoms with Crippen LogP contribution in [0.15, 0.2) is 66.4 Å². The van der Waals surface area contributed by atoms with Crippen LogP contribution in [0, 0.1) is 22.7 Å². The number of aryl methyl sites for hydroxylation is 1. The number of rotatable bonds is 15. The lowest BCUT2D eigenvalue weighted by atomic mass is 9.97. The van der Waals surface area contributed by atoms with Gasteiger partial charge in [-0.15, -0.1) is 0 Å². The molecule has 1 aliphatic heterocycles. The van der Waals surface area contributed by atoms with Crippen LogP contribution in [0.4, 0.5) is 5.82 Å². The van der Waals surface area contributed by atoms with Gasteiger partial charge in [-0.2, -0.15) is 5.10 Å². The first kappa shape index (κ1) is 31.1. The monoisotopic (exact) mass is 612 g/mol. The molecule has 4 aliphatic rings. The molecule has 6 nitrogen and oxygen atoms in total. The Morgan fingerprint density at radius 2 is 1.89 bits per heavy atom. The minimum atomic E-state index is 0.00544. The summed E-state index contributed by atoms with van der Waals surface area (Å²) in [5, 5.41) is 8.37. The molecule has 2 aromatic heterocycles. The van der Waals surface area contributed by atoms with Crippen molar-refractivity contribution in [2.45, 2.75) is 97.9 Å². The lowest BCUT2D eigenvalue weighted by Crippen LogP contribution is -2.39. The highest BCUT2D eigenvalue weighted by Gasteiger charge is 2.85. The van der Waals surface area contributed by atoms with Crippen LogP contribution in [0.5, 0.6) is 0 Å². The first-order valence-corrected chi connectivity index (χ1v) is 17.6. The highest BCUT2D eigenvalue weighted by Crippen LogP contribution is 2.93. The van der Waals surface area contributed by atoms with Gasteiger partial charge >= 0.3 is 0 Å². The fourth-order valence-corrected chi connectivity index (χ4v) is 8.84. The fraction of sp³-hybridized carbons (Fsp3) is 0.568. The van der Waals surface area contributed by atoms with Crippen LogP contribution in [-0.4, -0.2) is 33.4 Å². The van der Waals surface area contributed by atoms with Crippen LogP contribution in [0.2, 0.25) is 0 Å². The first-order chi connectivity index (χ1) is 21.1. The maximum absolute atomic E-state index is 5.25. The van der Waals surface area contributed by atoms with Gasteiger partial charge in [-0.1, -0.05) is 33.1 Å². The van der Waals surface area contributed by atoms with Gasteiger partial charge in [0, 0.05) is 46.7 Å². The second-order valence-electron chi connectivity index (χ2n) is 14.6. The van der Waals surface area contributed by atoms with Crippen molar-refractivity contribution >= 4 is 23.5 Å². The van der Waals surface area contributed by atoms with E-state index in [0.29, 0.717) is 5.92 Å². The first-order valence-electron chi connectivity index (χ1n) is 16.8. The number of pyridine rings is 1. The van der Waals surface area contributed by atoms with Gasteiger partial charge in [-0.3, -0.25) is 0 Å². The van der Waals surface area contributed by atoms with Crippen molar-refractivity contribution < 1.29 is 0 Å². The van der Waals surface area contributed by atoms with Crippen molar-refractivity contribution in [3.63, 3.8) is 0 Å². The molecular weight excluding hydrogens is 561 g/mol. The summed E-state index contributed by atoms with van der Waals surface area (Å²) in [5.74, 6) is 3.43. The summed E-state index contributed by atoms with van der Waals surface area (Å²) in [4.78, 5) is 8.62. The molecule has 2 aromatic rings. The molecule has 3 heterocycles. The summed E-state index contributed by atoms with van der Waals surface area (Å²) in [6.07, 6.45) is 20.1. The smallest absolute Gasteiger partial charge is 0.155 e. The molecule has 6 rings (SSSR count). The average molecular weight is 613 g/mol. The molecular formula is C37H52N6S. The van der Waals surface area contributed by atoms with Crippen molar-refractivity contribution in [2.24, 2.45) is 22.7 Å². The van der Waals surface area contributed by atoms with E-state index < -0.39 is 0 Å². The highest BCUT2D eigenvalue weighted by molar-refractivity contribution is 8.01. The number of aromatic nitrogens is 3. The van der Waals surface area contributed by atoms with Gasteiger partial charge < -0.3 is 14.9 Å². The zero-order chi connectivity index (χ0) is 31.1. The molecule has 7 heteroatoms. The van der Waals surface area contributed by atoms with E-state index in [0.717, 1.165) is 82.6 Å². The molecule has 3 aliphatic carbocycles. The lowest BCUT2D eigenvalue weighted by molar-refractivity contribution is 0.486. The van der Waals surface area contributed by atoms with Gasteiger partial charge in [0.25, 0.3) is 0 Å². The fourth-order valence-electron chi connectivity index (χ4n) is 8.33. The Morgan fingerprint density at radius 3 is 2.55 bits per heavy atom. The molecule has 236 valence electrons. The summed E-state index contributed by atoms with van der Waals surface area (Å²) in [6, 6.07) is 6.40. The number of nitrogens with zero attached hydrogens (tertiary/aromatic N) is 4. The highest BCUT2D eigenvalue weighted by atomic mass is 32.2. The van der Waals surface area contributed by atoms with Crippen LogP contribution in [0.1, 0.15) is 97.2 Å². The standard InChI is InChI=1S/C37H52N6S/c1-8-22-38-27(3)11-9-12-28(4)44-41-29(5)31-15-16-33(39-34(31)42-25-26(2)24-35(42,6)7)43-23-17-30(40-43)13-10-14-32-36(18-19-36)37(32)20-21-37/h9,11-12,15-17,23,26,32,38,41H,4-5,8,10,13-14,18-22,24-25H2,1-3,6-7H3/b12-9-,27-11+. The summed E-state index contributed by atoms with van der Waals surface area (Å²) in [6.45, 7) is 21.8. The zero-order valence-corrected chi connectivity index (χ0v) is 28.4. The van der Waals surface area contributed by atoms with Crippen molar-refractivity contribution in [1.82, 2.24) is 24.8 Å². The van der Waals surface area contributed by atoms with Crippen molar-refractivity contribution in [3.8, 4) is 5.82 Å². The molecule has 4 fully saturated rings. The minimum absolute atomic E-state index is 0.00544. The molecule has 44 heavy (non-hydrogen) atoms. The third-order valence-corrected chi connectivity index (χ3v) is 11.5. The van der Waals surface area contributed by atoms with Crippen LogP contribution in [-0.2, 0) is 6.42 Å². The quantitative estimate of drug-likeness (QED) is 0.155. The van der Waals surface area contributed by atoms with E-state index >= 15 is 0 Å². The van der Waals surface area contributed by atoms with Crippen LogP contribution < -0.4 is 14.9 Å². The predicted octanol–water partition coefficient (Wildman–Crippen LogP) is 8.59. The molecule has 0 aromatic carbocycles. The Labute approximate surface area is 269 Å². The molecule has 1 saturated heterocycles. The van der Waals surface area contributed by atoms with Crippen molar-refractivity contribution in [3.05, 3.63) is 77.6 Å². The van der Waals surface area contributed by atoms with E-state index in [4.69, 9.17) is 10.1 Å². The Morgan fingerprint density at radius 1 is 1.14 bits per heavy atom. The van der Waals surface area contributed by atoms with Crippen LogP contribution in [0.3, 0.4) is 0 Å². The molecule has 3 saturated carbocycles. The maximum Gasteiger partial charge on any atom is 0.155 e. The number of allylic oxidation sites excluding steroid dienone is 4. The van der Waals surface area contributed by atoms with Crippen molar-refractivity contribution in [2.75, 3.05) is 18.0 Å². The van der Waals surface area contributed by atoms with Gasteiger partial charge in [0.15, 0.2) is 5.82 Å². The van der Waals surface area contributed by atoms with Crippen LogP contribution in [0.25, 0.3) is 11.5 Å². The van der Waals surface area contributed by atoms with Gasteiger partial charge in [-0.25, -0.2) is 9.67 Å². The third-order valence-electron chi connectivity index (χ3n) is 10.7. The average Bonchev–Trinajstić information content (AvgIpc) is 3.94. The van der Waals surface area contributed by atoms with Gasteiger partial charge in [0.05, 0.1) is 5.69 Å². The third kappa shape index (κ3) is 6.14. The number of anilines is 1. The Hall–Kier alpha value is -2.93. The zero-order valence-electron chi connectivity index (χ0n) is 27.6. The number of fused-ring (bicyclic) bond motifs is 1. The van der Waals surface area contributed by atoms with E-state index in [1.54, 1.807) is 0 Å². The molecule has 0 amide bonds. The maximum atomic E-state index is 5.25. The summed E-state index contributed by atoms with van der Waals surface area (Å²) in [5.41, 5.74) is 5.77. The van der Waals surface area contributed by atoms with Gasteiger partial charge in [0.2, 0.25) is 0 Å². The number of nitrogens with one attached hydrogen (secondary N) is 2. The number of hydrogen-bond acceptors (Lipinski definition) is 6. The summed E-state index contributed by atoms with van der Waals surface area (Å²) in [7, 11) is 0. The van der Waals surface area contributed by atoms with E-state index in [1.165, 1.54) is 56.2 Å². The van der Waals surface area contributed by atoms with Crippen molar-refractivity contribution in [1.29, 1.82) is 0 Å². The summed E-state index contributed by atoms with van der Waals surface area (Å²) < 4.78 is 5.40. The van der Waals surface area contributed by atoms with Gasteiger partial charge in [-0.05, 0) is 144 Å². The largest absolute Gasteiger partial charge is 0.389 e. The Bertz CT molecular complexity index is 1440. The topological polar surface area (TPSA) is 58.0 Å². The number of hydrogen-bond donors (Lipinski definition) is 2. The minimum Gasteiger partial charge on any atom is -0.389 e. The van der Waals surface area contributed by atoms with E-state index in [1.807, 2.05) is 16.8 Å². The van der Waals surface area contributed by atoms with Gasteiger partial charge in [0.1, 0.15) is 5.82 Å². The Kier molecular flexibility index (Phi) is 8.55. The molecule has 0 radical (unpaired) electrons. The second-order valence-corrected chi connectivity index (χ2v) is 15.5. The van der Waals surface area contributed by atoms with E-state index in [-0.39, 0.29) is 5.54 Å². The lowest BCUT2D eigenvalue weighted by Gasteiger charge is -2.34. The predicted molar refractivity (Wildman–Crippen MR) is 186 cm³/mol. The van der Waals surface area contributed by atoms with Crippen LogP contribution >= 0.6 is 11.9 Å². The molecule has 0 bridgehead atoms. The second kappa shape index (κ2) is 12.1. The van der Waals surface area contributed by atoms with E-state index in [9.17, 15) is 0 Å². The molecule has 2 spiro atoms. The molecule has 1 unspecified atom stereocenters. The van der Waals surface area contributed by atoms with E-state index in [2.05, 4.69) is 93.2 Å². The summed E-state index contributed by atoms with van der Waals surface area (Å²) >= 11 is 1.48.